The predicted octanol–water partition coefficient (Wildman–Crippen LogP) is 1.35. The molecule has 2 unspecified atom stereocenters. The molecular formula is C11H19F3N2O5. The monoisotopic (exact) mass is 316 g/mol. The fourth-order valence-electron chi connectivity index (χ4n) is 1.51. The van der Waals surface area contributed by atoms with Crippen LogP contribution in [0, 0.1) is 10.1 Å². The van der Waals surface area contributed by atoms with Crippen molar-refractivity contribution in [3.05, 3.63) is 10.1 Å². The molecule has 0 radical (unpaired) electrons. The van der Waals surface area contributed by atoms with Gasteiger partial charge in [0, 0.05) is 17.8 Å². The number of nitrogens with two attached hydrogens (primary N) is 1. The lowest BCUT2D eigenvalue weighted by Crippen LogP contribution is -2.64. The number of nitro groups is 1. The average Bonchev–Trinajstić information content (AvgIpc) is 2.18. The van der Waals surface area contributed by atoms with Gasteiger partial charge < -0.3 is 9.84 Å². The molecule has 0 bridgehead atoms. The highest BCUT2D eigenvalue weighted by Gasteiger charge is 2.61. The number of nitrogens with zero attached hydrogens (tertiary/aromatic N) is 1. The van der Waals surface area contributed by atoms with Crippen LogP contribution in [0.3, 0.4) is 0 Å². The number of hydrogen-bond acceptors (Lipinski definition) is 6. The van der Waals surface area contributed by atoms with Crippen molar-refractivity contribution in [2.24, 2.45) is 5.73 Å². The molecular weight excluding hydrogens is 297 g/mol. The van der Waals surface area contributed by atoms with Crippen molar-refractivity contribution < 1.29 is 32.7 Å². The zero-order valence-corrected chi connectivity index (χ0v) is 11.9. The molecule has 0 aliphatic heterocycles. The SMILES string of the molecule is CC(C)(C)OC(=O)CCCC([N+](=O)[O-])C(N)(O)C(F)(F)F. The highest BCUT2D eigenvalue weighted by atomic mass is 19.4. The lowest BCUT2D eigenvalue weighted by Gasteiger charge is -2.28. The van der Waals surface area contributed by atoms with Crippen LogP contribution in [0.5, 0.6) is 0 Å². The van der Waals surface area contributed by atoms with Gasteiger partial charge in [-0.3, -0.25) is 20.6 Å². The summed E-state index contributed by atoms with van der Waals surface area (Å²) in [5.41, 5.74) is -0.0873. The number of esters is 1. The lowest BCUT2D eigenvalue weighted by molar-refractivity contribution is -0.560. The number of alkyl halides is 3. The van der Waals surface area contributed by atoms with Crippen molar-refractivity contribution in [2.45, 2.75) is 63.6 Å². The van der Waals surface area contributed by atoms with Crippen molar-refractivity contribution in [3.63, 3.8) is 0 Å². The number of rotatable bonds is 6. The number of carbonyl (C=O) groups excluding carboxylic acids is 1. The Balaban J connectivity index is 4.64. The van der Waals surface area contributed by atoms with Crippen LogP contribution in [0.1, 0.15) is 40.0 Å². The number of ether oxygens (including phenoxy) is 1. The van der Waals surface area contributed by atoms with E-state index in [1.807, 2.05) is 0 Å². The second-order valence-corrected chi connectivity index (χ2v) is 5.60. The van der Waals surface area contributed by atoms with E-state index in [0.717, 1.165) is 0 Å². The summed E-state index contributed by atoms with van der Waals surface area (Å²) in [5, 5.41) is 19.8. The van der Waals surface area contributed by atoms with E-state index in [1.165, 1.54) is 0 Å². The summed E-state index contributed by atoms with van der Waals surface area (Å²) in [7, 11) is 0. The maximum absolute atomic E-state index is 12.5. The molecule has 0 aliphatic rings. The maximum atomic E-state index is 12.5. The minimum absolute atomic E-state index is 0.268. The van der Waals surface area contributed by atoms with E-state index < -0.39 is 40.9 Å². The van der Waals surface area contributed by atoms with Crippen LogP contribution >= 0.6 is 0 Å². The average molecular weight is 316 g/mol. The van der Waals surface area contributed by atoms with Crippen LogP contribution in [-0.4, -0.2) is 39.5 Å². The van der Waals surface area contributed by atoms with Crippen LogP contribution in [0.15, 0.2) is 0 Å². The summed E-state index contributed by atoms with van der Waals surface area (Å²) in [6.45, 7) is 4.81. The lowest BCUT2D eigenvalue weighted by atomic mass is 9.99. The highest BCUT2D eigenvalue weighted by molar-refractivity contribution is 5.69. The molecule has 0 fully saturated rings. The van der Waals surface area contributed by atoms with E-state index in [4.69, 9.17) is 9.84 Å². The van der Waals surface area contributed by atoms with E-state index in [2.05, 4.69) is 5.73 Å². The first kappa shape index (κ1) is 19.6. The molecule has 10 heteroatoms. The van der Waals surface area contributed by atoms with Crippen LogP contribution in [-0.2, 0) is 9.53 Å². The van der Waals surface area contributed by atoms with Crippen LogP contribution < -0.4 is 5.73 Å². The third kappa shape index (κ3) is 6.25. The molecule has 7 nitrogen and oxygen atoms in total. The molecule has 0 rings (SSSR count). The first-order chi connectivity index (χ1) is 9.18. The van der Waals surface area contributed by atoms with E-state index >= 15 is 0 Å². The molecule has 0 heterocycles. The van der Waals surface area contributed by atoms with Gasteiger partial charge in [0.25, 0.3) is 11.8 Å². The van der Waals surface area contributed by atoms with Gasteiger partial charge >= 0.3 is 12.1 Å². The molecule has 0 aromatic rings. The standard InChI is InChI=1S/C11H19F3N2O5/c1-9(2,3)21-8(17)6-4-5-7(16(19)20)10(15,18)11(12,13)14/h7,18H,4-6,15H2,1-3H3. The number of hydrogen-bond donors (Lipinski definition) is 2. The maximum Gasteiger partial charge on any atom is 0.437 e. The van der Waals surface area contributed by atoms with Gasteiger partial charge in [-0.2, -0.15) is 13.2 Å². The topological polar surface area (TPSA) is 116 Å². The molecule has 0 spiro atoms. The van der Waals surface area contributed by atoms with Crippen molar-refractivity contribution >= 4 is 5.97 Å². The van der Waals surface area contributed by atoms with Crippen molar-refractivity contribution in [2.75, 3.05) is 0 Å². The number of halogens is 3. The molecule has 124 valence electrons. The molecule has 3 N–H and O–H groups in total. The first-order valence-corrected chi connectivity index (χ1v) is 6.12. The molecule has 0 saturated heterocycles. The molecule has 21 heavy (non-hydrogen) atoms. The molecule has 0 saturated carbocycles. The summed E-state index contributed by atoms with van der Waals surface area (Å²) < 4.78 is 42.4. The van der Waals surface area contributed by atoms with Gasteiger partial charge in [0.15, 0.2) is 0 Å². The highest BCUT2D eigenvalue weighted by Crippen LogP contribution is 2.32. The number of aliphatic hydroxyl groups is 1. The minimum atomic E-state index is -5.35. The normalized spacial score (nSPS) is 17.0. The van der Waals surface area contributed by atoms with Gasteiger partial charge in [0.05, 0.1) is 0 Å². The minimum Gasteiger partial charge on any atom is -0.460 e. The third-order valence-corrected chi connectivity index (χ3v) is 2.50. The quantitative estimate of drug-likeness (QED) is 0.331. The molecule has 2 atom stereocenters. The summed E-state index contributed by atoms with van der Waals surface area (Å²) in [4.78, 5) is 20.7. The van der Waals surface area contributed by atoms with Gasteiger partial charge in [-0.25, -0.2) is 0 Å². The molecule has 0 aromatic carbocycles. The smallest absolute Gasteiger partial charge is 0.437 e. The zero-order valence-electron chi connectivity index (χ0n) is 11.9. The van der Waals surface area contributed by atoms with E-state index in [1.54, 1.807) is 20.8 Å². The Kier molecular flexibility index (Phi) is 6.12. The molecule has 0 aliphatic carbocycles. The largest absolute Gasteiger partial charge is 0.460 e. The zero-order chi connectivity index (χ0) is 17.1. The Hall–Kier alpha value is -1.42. The summed E-state index contributed by atoms with van der Waals surface area (Å²) in [5.74, 6) is -0.697. The van der Waals surface area contributed by atoms with Gasteiger partial charge in [-0.05, 0) is 27.2 Å². The van der Waals surface area contributed by atoms with Gasteiger partial charge in [0.2, 0.25) is 0 Å². The Bertz CT molecular complexity index is 390. The third-order valence-electron chi connectivity index (χ3n) is 2.50. The number of carbonyl (C=O) groups is 1. The summed E-state index contributed by atoms with van der Waals surface area (Å²) in [6.07, 6.45) is -6.64. The Morgan fingerprint density at radius 2 is 1.86 bits per heavy atom. The fourth-order valence-corrected chi connectivity index (χ4v) is 1.51. The Labute approximate surface area is 119 Å². The Morgan fingerprint density at radius 1 is 1.38 bits per heavy atom. The fraction of sp³-hybridized carbons (Fsp3) is 0.909. The van der Waals surface area contributed by atoms with E-state index in [9.17, 15) is 28.1 Å². The van der Waals surface area contributed by atoms with Crippen molar-refractivity contribution in [3.8, 4) is 0 Å². The van der Waals surface area contributed by atoms with Gasteiger partial charge in [-0.1, -0.05) is 0 Å². The summed E-state index contributed by atoms with van der Waals surface area (Å²) in [6, 6.07) is -2.46. The van der Waals surface area contributed by atoms with Crippen LogP contribution in [0.4, 0.5) is 13.2 Å². The Morgan fingerprint density at radius 3 is 2.19 bits per heavy atom. The van der Waals surface area contributed by atoms with E-state index in [-0.39, 0.29) is 12.8 Å². The molecule has 0 amide bonds. The molecule has 0 aromatic heterocycles. The van der Waals surface area contributed by atoms with Crippen molar-refractivity contribution in [1.82, 2.24) is 0 Å². The second-order valence-electron chi connectivity index (χ2n) is 5.60. The van der Waals surface area contributed by atoms with Crippen LogP contribution in [0.25, 0.3) is 0 Å². The van der Waals surface area contributed by atoms with Gasteiger partial charge in [-0.15, -0.1) is 0 Å². The predicted molar refractivity (Wildman–Crippen MR) is 65.7 cm³/mol. The van der Waals surface area contributed by atoms with Crippen LogP contribution in [0.2, 0.25) is 0 Å². The van der Waals surface area contributed by atoms with Crippen molar-refractivity contribution in [1.29, 1.82) is 0 Å². The second kappa shape index (κ2) is 6.56. The summed E-state index contributed by atoms with van der Waals surface area (Å²) >= 11 is 0. The van der Waals surface area contributed by atoms with Gasteiger partial charge in [0.1, 0.15) is 5.60 Å². The first-order valence-electron chi connectivity index (χ1n) is 6.12. The van der Waals surface area contributed by atoms with E-state index in [0.29, 0.717) is 0 Å².